The summed E-state index contributed by atoms with van der Waals surface area (Å²) >= 11 is 0. The molecular weight excluding hydrogens is 418 g/mol. The maximum atomic E-state index is 12.8. The number of aliphatic hydroxyl groups excluding tert-OH is 1. The Morgan fingerprint density at radius 3 is 2.58 bits per heavy atom. The maximum absolute atomic E-state index is 12.8. The Morgan fingerprint density at radius 1 is 1.27 bits per heavy atom. The van der Waals surface area contributed by atoms with Gasteiger partial charge in [0.15, 0.2) is 0 Å². The van der Waals surface area contributed by atoms with Gasteiger partial charge in [0, 0.05) is 31.2 Å². The van der Waals surface area contributed by atoms with Gasteiger partial charge >= 0.3 is 0 Å². The van der Waals surface area contributed by atoms with Gasteiger partial charge in [-0.2, -0.15) is 5.26 Å². The fourth-order valence-corrected chi connectivity index (χ4v) is 6.08. The van der Waals surface area contributed by atoms with Crippen LogP contribution in [0.15, 0.2) is 24.3 Å². The number of nitrogens with zero attached hydrogens (tertiary/aromatic N) is 1. The number of ether oxygens (including phenoxy) is 1. The van der Waals surface area contributed by atoms with Crippen LogP contribution >= 0.6 is 0 Å². The number of carbonyl (C=O) groups excluding carboxylic acids is 2. The number of aliphatic hydroxyl groups is 1. The molecular formula is C26H37N3O4. The summed E-state index contributed by atoms with van der Waals surface area (Å²) in [6.07, 6.45) is 2.98. The lowest BCUT2D eigenvalue weighted by Crippen LogP contribution is -2.58. The molecule has 1 aromatic rings. The highest BCUT2D eigenvalue weighted by molar-refractivity contribution is 5.94. The zero-order valence-corrected chi connectivity index (χ0v) is 20.1. The van der Waals surface area contributed by atoms with E-state index in [0.29, 0.717) is 24.3 Å². The lowest BCUT2D eigenvalue weighted by Gasteiger charge is -2.56. The molecule has 7 heteroatoms. The van der Waals surface area contributed by atoms with E-state index in [2.05, 4.69) is 30.6 Å². The summed E-state index contributed by atoms with van der Waals surface area (Å²) in [5.41, 5.74) is 1.04. The topological polar surface area (TPSA) is 111 Å². The molecule has 0 aromatic heterocycles. The Hall–Kier alpha value is -2.43. The number of nitrogens with one attached hydrogen (secondary N) is 2. The second kappa shape index (κ2) is 10.7. The number of hydrogen-bond donors (Lipinski definition) is 3. The quantitative estimate of drug-likeness (QED) is 0.548. The monoisotopic (exact) mass is 455 g/mol. The number of amides is 2. The average Bonchev–Trinajstić information content (AvgIpc) is 2.80. The van der Waals surface area contributed by atoms with E-state index in [-0.39, 0.29) is 46.9 Å². The van der Waals surface area contributed by atoms with Gasteiger partial charge in [0.05, 0.1) is 24.3 Å². The molecule has 0 aliphatic heterocycles. The van der Waals surface area contributed by atoms with Crippen molar-refractivity contribution in [1.82, 2.24) is 10.6 Å². The third-order valence-electron chi connectivity index (χ3n) is 8.14. The molecule has 7 atom stereocenters. The SMILES string of the molecule is COCCNC(=O)[C@@H](C)[C@H]1CC[C@]2(C)CC[C@H](NC(=O)c3ccc(C#N)cc3)[C@H](C)[C@@H]2[C@H]1O. The van der Waals surface area contributed by atoms with E-state index in [0.717, 1.165) is 25.7 Å². The molecule has 0 unspecified atom stereocenters. The first kappa shape index (κ1) is 25.2. The van der Waals surface area contributed by atoms with Crippen molar-refractivity contribution in [3.63, 3.8) is 0 Å². The molecule has 33 heavy (non-hydrogen) atoms. The molecule has 2 saturated carbocycles. The Bertz CT molecular complexity index is 881. The minimum absolute atomic E-state index is 0.00273. The van der Waals surface area contributed by atoms with Gasteiger partial charge in [0.1, 0.15) is 0 Å². The summed E-state index contributed by atoms with van der Waals surface area (Å²) in [4.78, 5) is 25.5. The van der Waals surface area contributed by atoms with Crippen LogP contribution < -0.4 is 10.6 Å². The number of hydrogen-bond acceptors (Lipinski definition) is 5. The van der Waals surface area contributed by atoms with Crippen molar-refractivity contribution in [3.05, 3.63) is 35.4 Å². The van der Waals surface area contributed by atoms with Gasteiger partial charge in [-0.05, 0) is 73.1 Å². The second-order valence-corrected chi connectivity index (χ2v) is 10.1. The van der Waals surface area contributed by atoms with Gasteiger partial charge in [-0.15, -0.1) is 0 Å². The highest BCUT2D eigenvalue weighted by Gasteiger charge is 2.53. The van der Waals surface area contributed by atoms with Crippen LogP contribution in [0.3, 0.4) is 0 Å². The summed E-state index contributed by atoms with van der Waals surface area (Å²) in [6.45, 7) is 7.18. The lowest BCUT2D eigenvalue weighted by atomic mass is 9.51. The predicted octanol–water partition coefficient (Wildman–Crippen LogP) is 2.88. The normalized spacial score (nSPS) is 32.2. The minimum Gasteiger partial charge on any atom is -0.392 e. The molecule has 2 amide bonds. The van der Waals surface area contributed by atoms with Crippen LogP contribution in [0.1, 0.15) is 62.4 Å². The van der Waals surface area contributed by atoms with Crippen LogP contribution in [0.25, 0.3) is 0 Å². The summed E-state index contributed by atoms with van der Waals surface area (Å²) in [7, 11) is 1.60. The van der Waals surface area contributed by atoms with Crippen molar-refractivity contribution in [1.29, 1.82) is 5.26 Å². The van der Waals surface area contributed by atoms with Crippen molar-refractivity contribution in [3.8, 4) is 6.07 Å². The van der Waals surface area contributed by atoms with E-state index in [9.17, 15) is 14.7 Å². The van der Waals surface area contributed by atoms with Gasteiger partial charge < -0.3 is 20.5 Å². The van der Waals surface area contributed by atoms with E-state index >= 15 is 0 Å². The average molecular weight is 456 g/mol. The molecule has 7 nitrogen and oxygen atoms in total. The molecule has 2 aliphatic carbocycles. The smallest absolute Gasteiger partial charge is 0.251 e. The molecule has 2 aliphatic rings. The number of nitriles is 1. The van der Waals surface area contributed by atoms with Crippen molar-refractivity contribution in [2.75, 3.05) is 20.3 Å². The predicted molar refractivity (Wildman–Crippen MR) is 125 cm³/mol. The Morgan fingerprint density at radius 2 is 1.94 bits per heavy atom. The molecule has 3 rings (SSSR count). The van der Waals surface area contributed by atoms with Gasteiger partial charge in [0.2, 0.25) is 5.91 Å². The van der Waals surface area contributed by atoms with E-state index < -0.39 is 6.10 Å². The first-order valence-corrected chi connectivity index (χ1v) is 12.0. The zero-order valence-electron chi connectivity index (χ0n) is 20.1. The van der Waals surface area contributed by atoms with Crippen LogP contribution in [0.2, 0.25) is 0 Å². The van der Waals surface area contributed by atoms with Crippen molar-refractivity contribution >= 4 is 11.8 Å². The van der Waals surface area contributed by atoms with Crippen LogP contribution in [0.4, 0.5) is 0 Å². The number of methoxy groups -OCH3 is 1. The van der Waals surface area contributed by atoms with Crippen LogP contribution in [-0.4, -0.2) is 49.3 Å². The number of benzene rings is 1. The highest BCUT2D eigenvalue weighted by atomic mass is 16.5. The van der Waals surface area contributed by atoms with E-state index in [1.165, 1.54) is 0 Å². The largest absolute Gasteiger partial charge is 0.392 e. The van der Waals surface area contributed by atoms with Crippen molar-refractivity contribution in [2.45, 2.75) is 58.6 Å². The Labute approximate surface area is 196 Å². The Balaban J connectivity index is 1.69. The van der Waals surface area contributed by atoms with Gasteiger partial charge in [-0.3, -0.25) is 9.59 Å². The Kier molecular flexibility index (Phi) is 8.14. The highest BCUT2D eigenvalue weighted by Crippen LogP contribution is 2.55. The van der Waals surface area contributed by atoms with Crippen LogP contribution in [0.5, 0.6) is 0 Å². The van der Waals surface area contributed by atoms with E-state index in [1.807, 2.05) is 6.92 Å². The van der Waals surface area contributed by atoms with Crippen LogP contribution in [0, 0.1) is 40.4 Å². The second-order valence-electron chi connectivity index (χ2n) is 10.1. The summed E-state index contributed by atoms with van der Waals surface area (Å²) in [5, 5.41) is 26.5. The first-order valence-electron chi connectivity index (χ1n) is 12.0. The summed E-state index contributed by atoms with van der Waals surface area (Å²) < 4.78 is 5.01. The van der Waals surface area contributed by atoms with Gasteiger partial charge in [-0.1, -0.05) is 20.8 Å². The zero-order chi connectivity index (χ0) is 24.2. The lowest BCUT2D eigenvalue weighted by molar-refractivity contribution is -0.142. The fraction of sp³-hybridized carbons (Fsp3) is 0.654. The fourth-order valence-electron chi connectivity index (χ4n) is 6.08. The summed E-state index contributed by atoms with van der Waals surface area (Å²) in [5.74, 6) is -0.525. The molecule has 1 aromatic carbocycles. The van der Waals surface area contributed by atoms with Gasteiger partial charge in [0.25, 0.3) is 5.91 Å². The number of fused-ring (bicyclic) bond motifs is 1. The van der Waals surface area contributed by atoms with Crippen molar-refractivity contribution < 1.29 is 19.4 Å². The first-order chi connectivity index (χ1) is 15.7. The van der Waals surface area contributed by atoms with Crippen molar-refractivity contribution in [2.24, 2.45) is 29.1 Å². The number of rotatable bonds is 7. The molecule has 2 fully saturated rings. The molecule has 0 heterocycles. The standard InChI is InChI=1S/C26H37N3O4/c1-16(24(31)28-13-14-33-4)20-9-11-26(3)12-10-21(17(2)22(26)23(20)30)29-25(32)19-7-5-18(15-27)6-8-19/h5-8,16-17,20-23,30H,9-14H2,1-4H3,(H,28,31)(H,29,32)/t16-,17-,20+,21-,22+,23-,26+/m0/s1. The maximum Gasteiger partial charge on any atom is 0.251 e. The molecule has 0 radical (unpaired) electrons. The van der Waals surface area contributed by atoms with E-state index in [4.69, 9.17) is 10.00 Å². The summed E-state index contributed by atoms with van der Waals surface area (Å²) in [6, 6.07) is 8.63. The minimum atomic E-state index is -0.600. The third-order valence-corrected chi connectivity index (χ3v) is 8.14. The molecule has 3 N–H and O–H groups in total. The van der Waals surface area contributed by atoms with Gasteiger partial charge in [-0.25, -0.2) is 0 Å². The molecule has 0 saturated heterocycles. The third kappa shape index (κ3) is 5.39. The van der Waals surface area contributed by atoms with Crippen LogP contribution in [-0.2, 0) is 9.53 Å². The molecule has 180 valence electrons. The van der Waals surface area contributed by atoms with E-state index in [1.54, 1.807) is 31.4 Å². The number of carbonyl (C=O) groups is 2. The molecule has 0 bridgehead atoms. The molecule has 0 spiro atoms.